The number of carbonyl (C=O) groups is 1. The number of hydrogen-bond acceptors (Lipinski definition) is 7. The van der Waals surface area contributed by atoms with Gasteiger partial charge in [-0.2, -0.15) is 5.10 Å². The molecular formula is C11H24N3O6+. The highest BCUT2D eigenvalue weighted by atomic mass is 16.4. The molecule has 0 aliphatic rings. The van der Waals surface area contributed by atoms with Gasteiger partial charge < -0.3 is 30.0 Å². The normalized spacial score (nSPS) is 18.6. The first kappa shape index (κ1) is 18.9. The van der Waals surface area contributed by atoms with Crippen LogP contribution in [0.2, 0.25) is 0 Å². The SMILES string of the molecule is C[N+](C)(C)CC(=O)NN=CC(O)C(O)C(O)C(O)CO. The van der Waals surface area contributed by atoms with Gasteiger partial charge in [0.15, 0.2) is 6.54 Å². The average molecular weight is 294 g/mol. The van der Waals surface area contributed by atoms with Crippen molar-refractivity contribution in [2.75, 3.05) is 34.3 Å². The van der Waals surface area contributed by atoms with Crippen LogP contribution in [0.5, 0.6) is 0 Å². The lowest BCUT2D eigenvalue weighted by atomic mass is 10.0. The van der Waals surface area contributed by atoms with Gasteiger partial charge in [-0.3, -0.25) is 4.79 Å². The van der Waals surface area contributed by atoms with Gasteiger partial charge in [-0.15, -0.1) is 0 Å². The summed E-state index contributed by atoms with van der Waals surface area (Å²) in [6.07, 6.45) is -5.83. The first-order valence-electron chi connectivity index (χ1n) is 6.04. The fraction of sp³-hybridized carbons (Fsp3) is 0.818. The lowest BCUT2D eigenvalue weighted by Crippen LogP contribution is -2.46. The van der Waals surface area contributed by atoms with Crippen LogP contribution < -0.4 is 5.43 Å². The van der Waals surface area contributed by atoms with E-state index in [9.17, 15) is 20.1 Å². The minimum Gasteiger partial charge on any atom is -0.394 e. The van der Waals surface area contributed by atoms with Gasteiger partial charge in [0.2, 0.25) is 0 Å². The van der Waals surface area contributed by atoms with Gasteiger partial charge in [-0.25, -0.2) is 5.43 Å². The van der Waals surface area contributed by atoms with Crippen LogP contribution in [0.4, 0.5) is 0 Å². The van der Waals surface area contributed by atoms with Crippen molar-refractivity contribution in [3.8, 4) is 0 Å². The minimum absolute atomic E-state index is 0.168. The molecule has 0 heterocycles. The predicted octanol–water partition coefficient (Wildman–Crippen LogP) is -3.77. The molecule has 0 aliphatic heterocycles. The van der Waals surface area contributed by atoms with Crippen molar-refractivity contribution >= 4 is 12.1 Å². The second kappa shape index (κ2) is 8.25. The molecule has 0 radical (unpaired) electrons. The highest BCUT2D eigenvalue weighted by Gasteiger charge is 2.29. The largest absolute Gasteiger partial charge is 0.394 e. The molecule has 0 aliphatic carbocycles. The topological polar surface area (TPSA) is 143 Å². The molecule has 0 bridgehead atoms. The molecule has 9 heteroatoms. The van der Waals surface area contributed by atoms with Crippen molar-refractivity contribution in [2.45, 2.75) is 24.4 Å². The number of quaternary nitrogens is 1. The van der Waals surface area contributed by atoms with Crippen LogP contribution >= 0.6 is 0 Å². The number of nitrogens with zero attached hydrogens (tertiary/aromatic N) is 2. The Morgan fingerprint density at radius 3 is 2.20 bits per heavy atom. The Bertz CT molecular complexity index is 331. The molecule has 0 aromatic carbocycles. The lowest BCUT2D eigenvalue weighted by molar-refractivity contribution is -0.862. The van der Waals surface area contributed by atoms with Crippen LogP contribution in [0.1, 0.15) is 0 Å². The number of hydrazone groups is 1. The zero-order chi connectivity index (χ0) is 15.9. The Labute approximate surface area is 117 Å². The molecule has 6 N–H and O–H groups in total. The maximum Gasteiger partial charge on any atom is 0.295 e. The third-order valence-electron chi connectivity index (χ3n) is 2.32. The molecule has 0 fully saturated rings. The molecule has 0 aromatic heterocycles. The van der Waals surface area contributed by atoms with Crippen molar-refractivity contribution in [2.24, 2.45) is 5.10 Å². The Balaban J connectivity index is 4.29. The van der Waals surface area contributed by atoms with Crippen LogP contribution in [-0.4, -0.2) is 101 Å². The Morgan fingerprint density at radius 2 is 1.75 bits per heavy atom. The number of aliphatic hydroxyl groups is 5. The summed E-state index contributed by atoms with van der Waals surface area (Å²) in [6.45, 7) is -0.593. The van der Waals surface area contributed by atoms with Gasteiger partial charge in [-0.05, 0) is 0 Å². The van der Waals surface area contributed by atoms with Gasteiger partial charge in [0.25, 0.3) is 5.91 Å². The Hall–Kier alpha value is -1.10. The number of aliphatic hydroxyl groups excluding tert-OH is 5. The molecular weight excluding hydrogens is 270 g/mol. The molecule has 1 amide bonds. The van der Waals surface area contributed by atoms with Gasteiger partial charge in [0.1, 0.15) is 24.4 Å². The Kier molecular flexibility index (Phi) is 7.79. The van der Waals surface area contributed by atoms with E-state index in [1.165, 1.54) is 0 Å². The van der Waals surface area contributed by atoms with E-state index < -0.39 is 31.0 Å². The smallest absolute Gasteiger partial charge is 0.295 e. The summed E-state index contributed by atoms with van der Waals surface area (Å²) >= 11 is 0. The summed E-state index contributed by atoms with van der Waals surface area (Å²) in [6, 6.07) is 0. The summed E-state index contributed by atoms with van der Waals surface area (Å²) < 4.78 is 0.397. The summed E-state index contributed by atoms with van der Waals surface area (Å²) in [5, 5.41) is 49.4. The fourth-order valence-electron chi connectivity index (χ4n) is 1.28. The fourth-order valence-corrected chi connectivity index (χ4v) is 1.28. The van der Waals surface area contributed by atoms with E-state index in [0.29, 0.717) is 4.48 Å². The molecule has 4 atom stereocenters. The quantitative estimate of drug-likeness (QED) is 0.154. The number of hydrogen-bond donors (Lipinski definition) is 6. The van der Waals surface area contributed by atoms with Gasteiger partial charge in [0, 0.05) is 0 Å². The second-order valence-corrected chi connectivity index (χ2v) is 5.48. The van der Waals surface area contributed by atoms with E-state index in [-0.39, 0.29) is 12.5 Å². The molecule has 0 saturated heterocycles. The number of rotatable bonds is 8. The van der Waals surface area contributed by atoms with Gasteiger partial charge >= 0.3 is 0 Å². The summed E-state index contributed by atoms with van der Waals surface area (Å²) in [5.74, 6) is -0.383. The summed E-state index contributed by atoms with van der Waals surface area (Å²) in [7, 11) is 5.44. The summed E-state index contributed by atoms with van der Waals surface area (Å²) in [5.41, 5.74) is 2.16. The third-order valence-corrected chi connectivity index (χ3v) is 2.32. The van der Waals surface area contributed by atoms with E-state index in [4.69, 9.17) is 10.2 Å². The summed E-state index contributed by atoms with van der Waals surface area (Å²) in [4.78, 5) is 11.4. The molecule has 0 saturated carbocycles. The van der Waals surface area contributed by atoms with Crippen molar-refractivity contribution < 1.29 is 34.8 Å². The molecule has 118 valence electrons. The Morgan fingerprint density at radius 1 is 1.20 bits per heavy atom. The highest BCUT2D eigenvalue weighted by molar-refractivity contribution is 5.78. The van der Waals surface area contributed by atoms with E-state index in [2.05, 4.69) is 10.5 Å². The first-order chi connectivity index (χ1) is 9.08. The van der Waals surface area contributed by atoms with Crippen LogP contribution in [0.3, 0.4) is 0 Å². The zero-order valence-corrected chi connectivity index (χ0v) is 11.8. The number of nitrogens with one attached hydrogen (secondary N) is 1. The predicted molar refractivity (Wildman–Crippen MR) is 70.6 cm³/mol. The van der Waals surface area contributed by atoms with Gasteiger partial charge in [-0.1, -0.05) is 0 Å². The van der Waals surface area contributed by atoms with Crippen molar-refractivity contribution in [3.63, 3.8) is 0 Å². The van der Waals surface area contributed by atoms with E-state index in [0.717, 1.165) is 6.21 Å². The molecule has 20 heavy (non-hydrogen) atoms. The maximum absolute atomic E-state index is 11.4. The van der Waals surface area contributed by atoms with Crippen LogP contribution in [0.15, 0.2) is 5.10 Å². The van der Waals surface area contributed by atoms with Crippen molar-refractivity contribution in [1.29, 1.82) is 0 Å². The average Bonchev–Trinajstić information content (AvgIpc) is 2.33. The molecule has 0 spiro atoms. The van der Waals surface area contributed by atoms with Crippen LogP contribution in [0, 0.1) is 0 Å². The monoisotopic (exact) mass is 294 g/mol. The van der Waals surface area contributed by atoms with Gasteiger partial charge in [0.05, 0.1) is 34.0 Å². The van der Waals surface area contributed by atoms with E-state index >= 15 is 0 Å². The minimum atomic E-state index is -1.74. The number of amides is 1. The second-order valence-electron chi connectivity index (χ2n) is 5.48. The number of carbonyl (C=O) groups excluding carboxylic acids is 1. The molecule has 9 nitrogen and oxygen atoms in total. The van der Waals surface area contributed by atoms with Crippen molar-refractivity contribution in [3.05, 3.63) is 0 Å². The van der Waals surface area contributed by atoms with Crippen LogP contribution in [-0.2, 0) is 4.79 Å². The third kappa shape index (κ3) is 7.48. The van der Waals surface area contributed by atoms with E-state index in [1.54, 1.807) is 0 Å². The van der Waals surface area contributed by atoms with E-state index in [1.807, 2.05) is 21.1 Å². The zero-order valence-electron chi connectivity index (χ0n) is 11.8. The van der Waals surface area contributed by atoms with Crippen molar-refractivity contribution in [1.82, 2.24) is 5.43 Å². The standard InChI is InChI=1S/C11H23N3O6/c1-14(2,3)5-9(18)13-12-4-7(16)10(19)11(20)8(17)6-15/h4,7-8,10-11,15-17,19-20H,5-6H2,1-3H3/p+1. The maximum atomic E-state index is 11.4. The van der Waals surface area contributed by atoms with Crippen LogP contribution in [0.25, 0.3) is 0 Å². The molecule has 4 unspecified atom stereocenters. The lowest BCUT2D eigenvalue weighted by Gasteiger charge is -2.23. The highest BCUT2D eigenvalue weighted by Crippen LogP contribution is 2.03. The molecule has 0 aromatic rings. The first-order valence-corrected chi connectivity index (χ1v) is 6.04. The number of likely N-dealkylation sites (N-methyl/N-ethyl adjacent to an activating group) is 1. The molecule has 0 rings (SSSR count).